The first-order chi connectivity index (χ1) is 11.5. The van der Waals surface area contributed by atoms with Gasteiger partial charge in [-0.2, -0.15) is 0 Å². The Kier molecular flexibility index (Phi) is 7.29. The first-order valence-corrected chi connectivity index (χ1v) is 9.39. The molecule has 0 aliphatic carbocycles. The van der Waals surface area contributed by atoms with Gasteiger partial charge in [-0.25, -0.2) is 0 Å². The summed E-state index contributed by atoms with van der Waals surface area (Å²) in [5.74, 6) is 2.61. The van der Waals surface area contributed by atoms with Crippen molar-refractivity contribution in [2.75, 3.05) is 26.3 Å². The summed E-state index contributed by atoms with van der Waals surface area (Å²) in [6.45, 7) is 12.0. The third-order valence-electron chi connectivity index (χ3n) is 4.97. The maximum atomic E-state index is 12.2. The molecule has 0 unspecified atom stereocenters. The van der Waals surface area contributed by atoms with Gasteiger partial charge in [0.25, 0.3) is 0 Å². The van der Waals surface area contributed by atoms with E-state index >= 15 is 0 Å². The number of likely N-dealkylation sites (tertiary alicyclic amines) is 1. The average Bonchev–Trinajstić information content (AvgIpc) is 2.49. The molecule has 0 bridgehead atoms. The third-order valence-corrected chi connectivity index (χ3v) is 4.97. The molecule has 1 aromatic carbocycles. The highest BCUT2D eigenvalue weighted by Gasteiger charge is 2.37. The van der Waals surface area contributed by atoms with Gasteiger partial charge in [-0.15, -0.1) is 0 Å². The van der Waals surface area contributed by atoms with E-state index in [4.69, 9.17) is 4.74 Å². The maximum absolute atomic E-state index is 12.2. The van der Waals surface area contributed by atoms with E-state index in [1.54, 1.807) is 0 Å². The second-order valence-electron chi connectivity index (χ2n) is 7.78. The highest BCUT2D eigenvalue weighted by Crippen LogP contribution is 2.37. The number of amides is 1. The molecule has 0 spiro atoms. The maximum Gasteiger partial charge on any atom is 0.224 e. The standard InChI is InChI=1S/C21H33NO2/c1-16(2)10-12-24-13-11-20(23)22-14-19(15-22)21(17(3)4)18-8-6-5-7-9-18/h5-9,16-17,19,21H,10-15H2,1-4H3/t21-/m1/s1. The van der Waals surface area contributed by atoms with Gasteiger partial charge >= 0.3 is 0 Å². The summed E-state index contributed by atoms with van der Waals surface area (Å²) >= 11 is 0. The van der Waals surface area contributed by atoms with Crippen molar-refractivity contribution in [2.45, 2.75) is 46.5 Å². The van der Waals surface area contributed by atoms with Crippen LogP contribution < -0.4 is 0 Å². The number of carbonyl (C=O) groups excluding carboxylic acids is 1. The molecule has 1 heterocycles. The van der Waals surface area contributed by atoms with Crippen LogP contribution in [0.2, 0.25) is 0 Å². The molecule has 0 saturated carbocycles. The van der Waals surface area contributed by atoms with Crippen molar-refractivity contribution in [2.24, 2.45) is 17.8 Å². The summed E-state index contributed by atoms with van der Waals surface area (Å²) in [4.78, 5) is 14.2. The van der Waals surface area contributed by atoms with E-state index in [9.17, 15) is 4.79 Å². The highest BCUT2D eigenvalue weighted by atomic mass is 16.5. The molecule has 0 aromatic heterocycles. The second-order valence-corrected chi connectivity index (χ2v) is 7.78. The Morgan fingerprint density at radius 1 is 1.12 bits per heavy atom. The summed E-state index contributed by atoms with van der Waals surface area (Å²) in [7, 11) is 0. The minimum atomic E-state index is 0.242. The number of ether oxygens (including phenoxy) is 1. The molecule has 2 rings (SSSR count). The van der Waals surface area contributed by atoms with Gasteiger partial charge in [-0.1, -0.05) is 58.0 Å². The SMILES string of the molecule is CC(C)CCOCCC(=O)N1CC([C@@H](c2ccccc2)C(C)C)C1. The molecule has 0 radical (unpaired) electrons. The second kappa shape index (κ2) is 9.22. The zero-order valence-electron chi connectivity index (χ0n) is 15.7. The number of benzene rings is 1. The fourth-order valence-electron chi connectivity index (χ4n) is 3.56. The van der Waals surface area contributed by atoms with Gasteiger partial charge in [0.05, 0.1) is 13.0 Å². The fourth-order valence-corrected chi connectivity index (χ4v) is 3.56. The first kappa shape index (κ1) is 19.0. The molecule has 1 atom stereocenters. The minimum Gasteiger partial charge on any atom is -0.381 e. The van der Waals surface area contributed by atoms with Crippen LogP contribution in [0, 0.1) is 17.8 Å². The molecule has 0 N–H and O–H groups in total. The van der Waals surface area contributed by atoms with E-state index in [1.165, 1.54) is 5.56 Å². The quantitative estimate of drug-likeness (QED) is 0.630. The van der Waals surface area contributed by atoms with Crippen LogP contribution in [0.1, 0.15) is 52.0 Å². The molecule has 1 aliphatic heterocycles. The van der Waals surface area contributed by atoms with Crippen LogP contribution in [0.15, 0.2) is 30.3 Å². The summed E-state index contributed by atoms with van der Waals surface area (Å²) in [6, 6.07) is 10.7. The van der Waals surface area contributed by atoms with Gasteiger partial charge in [-0.3, -0.25) is 4.79 Å². The predicted octanol–water partition coefficient (Wildman–Crippen LogP) is 4.34. The van der Waals surface area contributed by atoms with Crippen molar-refractivity contribution >= 4 is 5.91 Å². The van der Waals surface area contributed by atoms with Crippen molar-refractivity contribution in [3.05, 3.63) is 35.9 Å². The lowest BCUT2D eigenvalue weighted by molar-refractivity contribution is -0.139. The van der Waals surface area contributed by atoms with Gasteiger partial charge in [0.15, 0.2) is 0 Å². The lowest BCUT2D eigenvalue weighted by Crippen LogP contribution is -2.53. The Morgan fingerprint density at radius 3 is 2.38 bits per heavy atom. The van der Waals surface area contributed by atoms with Crippen LogP contribution in [-0.2, 0) is 9.53 Å². The predicted molar refractivity (Wildman–Crippen MR) is 99.0 cm³/mol. The average molecular weight is 332 g/mol. The molecular weight excluding hydrogens is 298 g/mol. The van der Waals surface area contributed by atoms with E-state index < -0.39 is 0 Å². The molecule has 134 valence electrons. The van der Waals surface area contributed by atoms with E-state index in [0.717, 1.165) is 26.1 Å². The van der Waals surface area contributed by atoms with Crippen LogP contribution in [-0.4, -0.2) is 37.1 Å². The zero-order chi connectivity index (χ0) is 17.5. The van der Waals surface area contributed by atoms with Crippen LogP contribution in [0.25, 0.3) is 0 Å². The van der Waals surface area contributed by atoms with Crippen LogP contribution >= 0.6 is 0 Å². The molecule has 1 fully saturated rings. The topological polar surface area (TPSA) is 29.5 Å². The summed E-state index contributed by atoms with van der Waals surface area (Å²) in [5, 5.41) is 0. The van der Waals surface area contributed by atoms with Gasteiger partial charge in [0, 0.05) is 25.6 Å². The van der Waals surface area contributed by atoms with Gasteiger partial charge in [0.1, 0.15) is 0 Å². The smallest absolute Gasteiger partial charge is 0.224 e. The van der Waals surface area contributed by atoms with Crippen LogP contribution in [0.5, 0.6) is 0 Å². The largest absolute Gasteiger partial charge is 0.381 e. The Labute approximate surface area is 147 Å². The monoisotopic (exact) mass is 331 g/mol. The fraction of sp³-hybridized carbons (Fsp3) is 0.667. The number of hydrogen-bond acceptors (Lipinski definition) is 2. The van der Waals surface area contributed by atoms with E-state index in [1.807, 2.05) is 4.90 Å². The van der Waals surface area contributed by atoms with Crippen molar-refractivity contribution in [3.63, 3.8) is 0 Å². The van der Waals surface area contributed by atoms with E-state index in [0.29, 0.717) is 36.7 Å². The van der Waals surface area contributed by atoms with Gasteiger partial charge in [0.2, 0.25) is 5.91 Å². The molecule has 24 heavy (non-hydrogen) atoms. The lowest BCUT2D eigenvalue weighted by Gasteiger charge is -2.45. The van der Waals surface area contributed by atoms with Gasteiger partial charge < -0.3 is 9.64 Å². The van der Waals surface area contributed by atoms with Crippen molar-refractivity contribution < 1.29 is 9.53 Å². The summed E-state index contributed by atoms with van der Waals surface area (Å²) in [6.07, 6.45) is 1.58. The lowest BCUT2D eigenvalue weighted by atomic mass is 9.74. The summed E-state index contributed by atoms with van der Waals surface area (Å²) < 4.78 is 5.57. The molecule has 1 aromatic rings. The Morgan fingerprint density at radius 2 is 1.79 bits per heavy atom. The normalized spacial score (nSPS) is 16.5. The molecule has 3 heteroatoms. The molecule has 1 aliphatic rings. The molecule has 1 amide bonds. The van der Waals surface area contributed by atoms with Crippen molar-refractivity contribution in [1.82, 2.24) is 4.90 Å². The number of carbonyl (C=O) groups is 1. The van der Waals surface area contributed by atoms with Crippen molar-refractivity contribution in [3.8, 4) is 0 Å². The van der Waals surface area contributed by atoms with Crippen LogP contribution in [0.4, 0.5) is 0 Å². The van der Waals surface area contributed by atoms with Crippen LogP contribution in [0.3, 0.4) is 0 Å². The Hall–Kier alpha value is -1.35. The minimum absolute atomic E-state index is 0.242. The van der Waals surface area contributed by atoms with E-state index in [2.05, 4.69) is 58.0 Å². The number of hydrogen-bond donors (Lipinski definition) is 0. The number of nitrogens with zero attached hydrogens (tertiary/aromatic N) is 1. The Bertz CT molecular complexity index is 492. The third kappa shape index (κ3) is 5.34. The Balaban J connectivity index is 1.74. The highest BCUT2D eigenvalue weighted by molar-refractivity contribution is 5.77. The number of rotatable bonds is 9. The first-order valence-electron chi connectivity index (χ1n) is 9.39. The van der Waals surface area contributed by atoms with Crippen molar-refractivity contribution in [1.29, 1.82) is 0 Å². The molecule has 1 saturated heterocycles. The van der Waals surface area contributed by atoms with E-state index in [-0.39, 0.29) is 5.91 Å². The summed E-state index contributed by atoms with van der Waals surface area (Å²) in [5.41, 5.74) is 1.40. The zero-order valence-corrected chi connectivity index (χ0v) is 15.7. The molecule has 3 nitrogen and oxygen atoms in total. The van der Waals surface area contributed by atoms with Gasteiger partial charge in [-0.05, 0) is 29.7 Å². The molecular formula is C21H33NO2.